The first kappa shape index (κ1) is 17.1. The fraction of sp³-hybridized carbons (Fsp3) is 0.294. The summed E-state index contributed by atoms with van der Waals surface area (Å²) in [5.41, 5.74) is 0.984. The lowest BCUT2D eigenvalue weighted by Gasteiger charge is -2.27. The van der Waals surface area contributed by atoms with Gasteiger partial charge in [-0.1, -0.05) is 30.3 Å². The molecule has 0 aliphatic carbocycles. The summed E-state index contributed by atoms with van der Waals surface area (Å²) in [6, 6.07) is 11.0. The molecule has 0 radical (unpaired) electrons. The summed E-state index contributed by atoms with van der Waals surface area (Å²) in [5.74, 6) is 0.792. The van der Waals surface area contributed by atoms with E-state index in [1.54, 1.807) is 11.1 Å². The number of alkyl halides is 3. The highest BCUT2D eigenvalue weighted by Crippen LogP contribution is 2.27. The number of H-pyrrole nitrogens is 1. The summed E-state index contributed by atoms with van der Waals surface area (Å²) in [6.07, 6.45) is -2.41. The highest BCUT2D eigenvalue weighted by molar-refractivity contribution is 5.69. The van der Waals surface area contributed by atoms with Crippen molar-refractivity contribution in [2.45, 2.75) is 25.6 Å². The second-order valence-corrected chi connectivity index (χ2v) is 5.62. The maximum Gasteiger partial charge on any atom is 0.394 e. The quantitative estimate of drug-likeness (QED) is 0.887. The molecule has 0 fully saturated rings. The highest BCUT2D eigenvalue weighted by atomic mass is 19.4. The van der Waals surface area contributed by atoms with Gasteiger partial charge in [-0.05, 0) is 12.5 Å². The Morgan fingerprint density at radius 1 is 1.28 bits per heavy atom. The van der Waals surface area contributed by atoms with E-state index < -0.39 is 12.6 Å². The van der Waals surface area contributed by atoms with Crippen molar-refractivity contribution >= 4 is 12.0 Å². The molecular formula is C17H17F3N4O. The van der Waals surface area contributed by atoms with Crippen molar-refractivity contribution in [1.29, 1.82) is 0 Å². The minimum Gasteiger partial charge on any atom is -0.470 e. The van der Waals surface area contributed by atoms with Crippen LogP contribution in [0.4, 0.5) is 19.0 Å². The van der Waals surface area contributed by atoms with Crippen LogP contribution in [0.15, 0.2) is 53.5 Å². The molecule has 0 unspecified atom stereocenters. The minimum absolute atomic E-state index is 0.000435. The van der Waals surface area contributed by atoms with Crippen LogP contribution in [0.2, 0.25) is 0 Å². The monoisotopic (exact) mass is 350 g/mol. The second-order valence-electron chi connectivity index (χ2n) is 5.62. The van der Waals surface area contributed by atoms with E-state index in [9.17, 15) is 13.2 Å². The Hall–Kier alpha value is -2.77. The molecule has 25 heavy (non-hydrogen) atoms. The van der Waals surface area contributed by atoms with Crippen molar-refractivity contribution in [2.75, 3.05) is 11.4 Å². The van der Waals surface area contributed by atoms with Gasteiger partial charge < -0.3 is 4.74 Å². The molecule has 0 saturated carbocycles. The largest absolute Gasteiger partial charge is 0.470 e. The molecule has 8 heteroatoms. The van der Waals surface area contributed by atoms with Gasteiger partial charge in [0.2, 0.25) is 5.88 Å². The molecule has 5 nitrogen and oxygen atoms in total. The van der Waals surface area contributed by atoms with Crippen LogP contribution >= 0.6 is 0 Å². The molecule has 0 amide bonds. The van der Waals surface area contributed by atoms with Crippen LogP contribution in [0.1, 0.15) is 24.3 Å². The summed E-state index contributed by atoms with van der Waals surface area (Å²) in [6.45, 7) is 2.26. The number of halogens is 3. The van der Waals surface area contributed by atoms with Crippen LogP contribution in [0, 0.1) is 0 Å². The van der Waals surface area contributed by atoms with Crippen LogP contribution in [0.5, 0.6) is 0 Å². The zero-order chi connectivity index (χ0) is 17.9. The van der Waals surface area contributed by atoms with E-state index in [2.05, 4.69) is 15.2 Å². The lowest BCUT2D eigenvalue weighted by Crippen LogP contribution is -2.29. The number of anilines is 1. The molecule has 2 aromatic rings. The zero-order valence-corrected chi connectivity index (χ0v) is 13.5. The van der Waals surface area contributed by atoms with Gasteiger partial charge in [0.05, 0.1) is 19.2 Å². The average molecular weight is 350 g/mol. The predicted molar refractivity (Wildman–Crippen MR) is 88.2 cm³/mol. The number of nitrogens with zero attached hydrogens (tertiary/aromatic N) is 3. The summed E-state index contributed by atoms with van der Waals surface area (Å²) in [5, 5.41) is 6.40. The number of rotatable bonds is 5. The fourth-order valence-electron chi connectivity index (χ4n) is 2.47. The molecule has 1 aromatic carbocycles. The predicted octanol–water partition coefficient (Wildman–Crippen LogP) is 3.98. The van der Waals surface area contributed by atoms with E-state index >= 15 is 0 Å². The molecule has 132 valence electrons. The van der Waals surface area contributed by atoms with E-state index in [1.807, 2.05) is 37.3 Å². The zero-order valence-electron chi connectivity index (χ0n) is 13.5. The Balaban J connectivity index is 1.75. The number of aromatic amines is 1. The Kier molecular flexibility index (Phi) is 4.78. The van der Waals surface area contributed by atoms with Gasteiger partial charge in [0.25, 0.3) is 0 Å². The molecule has 1 aromatic heterocycles. The lowest BCUT2D eigenvalue weighted by molar-refractivity contribution is -0.127. The molecule has 1 atom stereocenters. The molecule has 0 bridgehead atoms. The highest BCUT2D eigenvalue weighted by Gasteiger charge is 2.29. The summed E-state index contributed by atoms with van der Waals surface area (Å²) in [4.78, 5) is 5.74. The number of hydrogen-bond donors (Lipinski definition) is 1. The number of hydrogen-bond acceptors (Lipinski definition) is 4. The third kappa shape index (κ3) is 4.40. The Bertz CT molecular complexity index is 768. The van der Waals surface area contributed by atoms with E-state index in [0.29, 0.717) is 18.2 Å². The molecule has 2 heterocycles. The van der Waals surface area contributed by atoms with Gasteiger partial charge >= 0.3 is 6.18 Å². The van der Waals surface area contributed by atoms with Crippen LogP contribution in [-0.4, -0.2) is 29.1 Å². The van der Waals surface area contributed by atoms with Crippen LogP contribution in [0.3, 0.4) is 0 Å². The van der Waals surface area contributed by atoms with E-state index in [4.69, 9.17) is 4.74 Å². The number of ether oxygens (including phenoxy) is 1. The summed E-state index contributed by atoms with van der Waals surface area (Å²) >= 11 is 0. The molecular weight excluding hydrogens is 333 g/mol. The van der Waals surface area contributed by atoms with E-state index in [-0.39, 0.29) is 11.8 Å². The average Bonchev–Trinajstić information content (AvgIpc) is 3.02. The van der Waals surface area contributed by atoms with Crippen molar-refractivity contribution in [1.82, 2.24) is 10.2 Å². The van der Waals surface area contributed by atoms with Gasteiger partial charge in [-0.3, -0.25) is 15.0 Å². The van der Waals surface area contributed by atoms with Crippen molar-refractivity contribution in [3.63, 3.8) is 0 Å². The molecule has 1 N–H and O–H groups in total. The fourth-order valence-corrected chi connectivity index (χ4v) is 2.47. The number of benzene rings is 1. The van der Waals surface area contributed by atoms with Gasteiger partial charge in [-0.25, -0.2) is 0 Å². The van der Waals surface area contributed by atoms with E-state index in [1.165, 1.54) is 12.3 Å². The van der Waals surface area contributed by atoms with E-state index in [0.717, 1.165) is 5.56 Å². The number of nitrogens with one attached hydrogen (secondary N) is 1. The summed E-state index contributed by atoms with van der Waals surface area (Å²) < 4.78 is 43.5. The van der Waals surface area contributed by atoms with Gasteiger partial charge in [0, 0.05) is 18.0 Å². The van der Waals surface area contributed by atoms with Gasteiger partial charge in [0.1, 0.15) is 6.10 Å². The molecule has 3 rings (SSSR count). The Morgan fingerprint density at radius 2 is 2.04 bits per heavy atom. The minimum atomic E-state index is -4.29. The standard InChI is InChI=1S/C17H17F3N4O/c1-12(13-5-3-2-4-6-13)25-16-11-21-7-8-24(16)15-9-14(22-23-15)10-17(18,19)20/h2-7,9,11-12H,8,10H2,1H3,(H,22,23)/t12-/m0/s1. The summed E-state index contributed by atoms with van der Waals surface area (Å²) in [7, 11) is 0. The Labute approximate surface area is 142 Å². The van der Waals surface area contributed by atoms with Gasteiger partial charge in [0.15, 0.2) is 5.82 Å². The first-order valence-corrected chi connectivity index (χ1v) is 7.74. The van der Waals surface area contributed by atoms with Crippen LogP contribution in [-0.2, 0) is 11.2 Å². The second kappa shape index (κ2) is 7.00. The van der Waals surface area contributed by atoms with Crippen molar-refractivity contribution < 1.29 is 17.9 Å². The third-order valence-corrected chi connectivity index (χ3v) is 3.67. The van der Waals surface area contributed by atoms with Crippen molar-refractivity contribution in [3.05, 3.63) is 59.7 Å². The molecule has 0 spiro atoms. The third-order valence-electron chi connectivity index (χ3n) is 3.67. The molecule has 0 saturated heterocycles. The van der Waals surface area contributed by atoms with Gasteiger partial charge in [-0.15, -0.1) is 0 Å². The first-order chi connectivity index (χ1) is 11.9. The topological polar surface area (TPSA) is 53.5 Å². The number of aliphatic imine (C=N–C) groups is 1. The molecule has 1 aliphatic rings. The van der Waals surface area contributed by atoms with Crippen LogP contribution in [0.25, 0.3) is 0 Å². The first-order valence-electron chi connectivity index (χ1n) is 7.74. The van der Waals surface area contributed by atoms with Crippen LogP contribution < -0.4 is 4.90 Å². The number of aromatic nitrogens is 2. The normalized spacial score (nSPS) is 15.8. The van der Waals surface area contributed by atoms with Crippen molar-refractivity contribution in [2.24, 2.45) is 4.99 Å². The van der Waals surface area contributed by atoms with Gasteiger partial charge in [-0.2, -0.15) is 18.3 Å². The molecule has 1 aliphatic heterocycles. The Morgan fingerprint density at radius 3 is 2.76 bits per heavy atom. The smallest absolute Gasteiger partial charge is 0.394 e. The van der Waals surface area contributed by atoms with Crippen molar-refractivity contribution in [3.8, 4) is 0 Å². The maximum atomic E-state index is 12.5. The lowest BCUT2D eigenvalue weighted by atomic mass is 10.1. The SMILES string of the molecule is C[C@H](OC1=CN=CCN1c1cc(CC(F)(F)F)[nH]n1)c1ccccc1. The maximum absolute atomic E-state index is 12.5.